The van der Waals surface area contributed by atoms with E-state index in [1.807, 2.05) is 43.4 Å². The van der Waals surface area contributed by atoms with Crippen LogP contribution in [-0.4, -0.2) is 12.0 Å². The first-order chi connectivity index (χ1) is 8.22. The molecule has 0 aliphatic carbocycles. The third kappa shape index (κ3) is 2.86. The van der Waals surface area contributed by atoms with Crippen molar-refractivity contribution < 1.29 is 0 Å². The molecule has 0 spiro atoms. The second kappa shape index (κ2) is 5.63. The minimum absolute atomic E-state index is 0.0582. The Morgan fingerprint density at radius 1 is 1.24 bits per heavy atom. The van der Waals surface area contributed by atoms with E-state index < -0.39 is 0 Å². The zero-order chi connectivity index (χ0) is 12.3. The molecule has 0 radical (unpaired) electrons. The quantitative estimate of drug-likeness (QED) is 0.932. The molecule has 2 aromatic rings. The predicted molar refractivity (Wildman–Crippen MR) is 74.3 cm³/mol. The number of halogens is 2. The molecule has 17 heavy (non-hydrogen) atoms. The summed E-state index contributed by atoms with van der Waals surface area (Å²) in [6.45, 7) is 0. The molecule has 0 saturated carbocycles. The molecule has 0 bridgehead atoms. The highest BCUT2D eigenvalue weighted by Gasteiger charge is 2.15. The number of aromatic nitrogens is 1. The number of nitrogens with one attached hydrogen (secondary N) is 1. The molecule has 88 valence electrons. The van der Waals surface area contributed by atoms with Crippen LogP contribution >= 0.6 is 27.5 Å². The number of pyridine rings is 1. The summed E-state index contributed by atoms with van der Waals surface area (Å²) in [7, 11) is 1.92. The van der Waals surface area contributed by atoms with Crippen LogP contribution in [0.2, 0.25) is 5.02 Å². The van der Waals surface area contributed by atoms with Crippen LogP contribution < -0.4 is 5.32 Å². The normalized spacial score (nSPS) is 12.4. The Kier molecular flexibility index (Phi) is 4.15. The summed E-state index contributed by atoms with van der Waals surface area (Å²) in [5, 5.41) is 4.00. The Hall–Kier alpha value is -0.900. The second-order valence-corrected chi connectivity index (χ2v) is 4.93. The largest absolute Gasteiger partial charge is 0.308 e. The summed E-state index contributed by atoms with van der Waals surface area (Å²) >= 11 is 9.41. The van der Waals surface area contributed by atoms with Gasteiger partial charge in [-0.2, -0.15) is 0 Å². The summed E-state index contributed by atoms with van der Waals surface area (Å²) < 4.78 is 0.995. The van der Waals surface area contributed by atoms with Crippen molar-refractivity contribution in [1.82, 2.24) is 10.3 Å². The van der Waals surface area contributed by atoms with Gasteiger partial charge in [-0.15, -0.1) is 0 Å². The van der Waals surface area contributed by atoms with E-state index in [-0.39, 0.29) is 6.04 Å². The van der Waals surface area contributed by atoms with Crippen LogP contribution in [-0.2, 0) is 0 Å². The average molecular weight is 312 g/mol. The third-order valence-electron chi connectivity index (χ3n) is 2.55. The Labute approximate surface area is 114 Å². The lowest BCUT2D eigenvalue weighted by Crippen LogP contribution is -2.19. The Balaban J connectivity index is 2.40. The van der Waals surface area contributed by atoms with Crippen molar-refractivity contribution in [2.45, 2.75) is 6.04 Å². The van der Waals surface area contributed by atoms with E-state index in [1.165, 1.54) is 0 Å². The predicted octanol–water partition coefficient (Wildman–Crippen LogP) is 3.81. The average Bonchev–Trinajstić information content (AvgIpc) is 2.35. The minimum Gasteiger partial charge on any atom is -0.308 e. The zero-order valence-electron chi connectivity index (χ0n) is 9.32. The number of rotatable bonds is 3. The van der Waals surface area contributed by atoms with Crippen LogP contribution in [0.15, 0.2) is 47.1 Å². The molecule has 1 atom stereocenters. The minimum atomic E-state index is 0.0582. The molecule has 1 N–H and O–H groups in total. The molecular weight excluding hydrogens is 300 g/mol. The highest BCUT2D eigenvalue weighted by atomic mass is 79.9. The van der Waals surface area contributed by atoms with E-state index in [0.717, 1.165) is 20.8 Å². The topological polar surface area (TPSA) is 24.9 Å². The lowest BCUT2D eigenvalue weighted by Gasteiger charge is -2.17. The van der Waals surface area contributed by atoms with E-state index in [4.69, 9.17) is 11.6 Å². The molecule has 2 rings (SSSR count). The Bertz CT molecular complexity index is 499. The summed E-state index contributed by atoms with van der Waals surface area (Å²) in [6, 6.07) is 11.7. The van der Waals surface area contributed by atoms with Gasteiger partial charge in [-0.3, -0.25) is 4.98 Å². The van der Waals surface area contributed by atoms with Crippen LogP contribution in [0.1, 0.15) is 17.3 Å². The highest BCUT2D eigenvalue weighted by molar-refractivity contribution is 9.10. The van der Waals surface area contributed by atoms with Crippen LogP contribution in [0, 0.1) is 0 Å². The van der Waals surface area contributed by atoms with Gasteiger partial charge in [0.15, 0.2) is 0 Å². The molecule has 0 fully saturated rings. The summed E-state index contributed by atoms with van der Waals surface area (Å²) in [6.07, 6.45) is 1.79. The fraction of sp³-hybridized carbons (Fsp3) is 0.154. The van der Waals surface area contributed by atoms with E-state index >= 15 is 0 Å². The maximum atomic E-state index is 5.89. The molecule has 0 aliphatic heterocycles. The molecule has 0 saturated heterocycles. The van der Waals surface area contributed by atoms with E-state index in [2.05, 4.69) is 26.2 Å². The number of benzene rings is 1. The van der Waals surface area contributed by atoms with Gasteiger partial charge in [0.05, 0.1) is 11.7 Å². The van der Waals surface area contributed by atoms with Crippen LogP contribution in [0.25, 0.3) is 0 Å². The van der Waals surface area contributed by atoms with Crippen molar-refractivity contribution in [3.63, 3.8) is 0 Å². The fourth-order valence-electron chi connectivity index (χ4n) is 1.73. The van der Waals surface area contributed by atoms with Crippen molar-refractivity contribution in [3.8, 4) is 0 Å². The monoisotopic (exact) mass is 310 g/mol. The lowest BCUT2D eigenvalue weighted by molar-refractivity contribution is 0.667. The Morgan fingerprint density at radius 2 is 1.94 bits per heavy atom. The first-order valence-corrected chi connectivity index (χ1v) is 6.42. The summed E-state index contributed by atoms with van der Waals surface area (Å²) in [5.74, 6) is 0. The van der Waals surface area contributed by atoms with Crippen LogP contribution in [0.4, 0.5) is 0 Å². The Morgan fingerprint density at radius 3 is 2.53 bits per heavy atom. The molecule has 4 heteroatoms. The van der Waals surface area contributed by atoms with Gasteiger partial charge in [0.25, 0.3) is 0 Å². The van der Waals surface area contributed by atoms with Crippen molar-refractivity contribution >= 4 is 27.5 Å². The van der Waals surface area contributed by atoms with Crippen LogP contribution in [0.3, 0.4) is 0 Å². The van der Waals surface area contributed by atoms with Crippen molar-refractivity contribution in [3.05, 3.63) is 63.3 Å². The maximum absolute atomic E-state index is 5.89. The zero-order valence-corrected chi connectivity index (χ0v) is 11.7. The fourth-order valence-corrected chi connectivity index (χ4v) is 2.34. The molecule has 1 unspecified atom stereocenters. The maximum Gasteiger partial charge on any atom is 0.0760 e. The standard InChI is InChI=1S/C13H12BrClN2/c1-16-12(9-4-6-10(15)7-5-9)13-11(14)3-2-8-17-13/h2-8,12,16H,1H3. The van der Waals surface area contributed by atoms with E-state index in [9.17, 15) is 0 Å². The summed E-state index contributed by atoms with van der Waals surface area (Å²) in [4.78, 5) is 4.41. The lowest BCUT2D eigenvalue weighted by atomic mass is 10.0. The van der Waals surface area contributed by atoms with Gasteiger partial charge in [0.1, 0.15) is 0 Å². The van der Waals surface area contributed by atoms with Crippen molar-refractivity contribution in [1.29, 1.82) is 0 Å². The SMILES string of the molecule is CNC(c1ccc(Cl)cc1)c1ncccc1Br. The smallest absolute Gasteiger partial charge is 0.0760 e. The van der Waals surface area contributed by atoms with Gasteiger partial charge in [0.2, 0.25) is 0 Å². The van der Waals surface area contributed by atoms with Gasteiger partial charge in [-0.25, -0.2) is 0 Å². The third-order valence-corrected chi connectivity index (χ3v) is 3.47. The molecule has 2 nitrogen and oxygen atoms in total. The molecule has 1 aromatic heterocycles. The molecule has 0 amide bonds. The number of hydrogen-bond acceptors (Lipinski definition) is 2. The van der Waals surface area contributed by atoms with Crippen LogP contribution in [0.5, 0.6) is 0 Å². The van der Waals surface area contributed by atoms with Gasteiger partial charge in [0, 0.05) is 15.7 Å². The first kappa shape index (κ1) is 12.6. The van der Waals surface area contributed by atoms with Gasteiger partial charge < -0.3 is 5.32 Å². The van der Waals surface area contributed by atoms with E-state index in [1.54, 1.807) is 6.20 Å². The van der Waals surface area contributed by atoms with Gasteiger partial charge in [-0.05, 0) is 52.8 Å². The second-order valence-electron chi connectivity index (χ2n) is 3.64. The van der Waals surface area contributed by atoms with Gasteiger partial charge >= 0.3 is 0 Å². The number of hydrogen-bond donors (Lipinski definition) is 1. The van der Waals surface area contributed by atoms with Crippen molar-refractivity contribution in [2.75, 3.05) is 7.05 Å². The van der Waals surface area contributed by atoms with E-state index in [0.29, 0.717) is 0 Å². The molecular formula is C13H12BrClN2. The summed E-state index contributed by atoms with van der Waals surface area (Å²) in [5.41, 5.74) is 2.11. The molecule has 1 heterocycles. The number of nitrogens with zero attached hydrogens (tertiary/aromatic N) is 1. The van der Waals surface area contributed by atoms with Gasteiger partial charge in [-0.1, -0.05) is 23.7 Å². The van der Waals surface area contributed by atoms with Crippen molar-refractivity contribution in [2.24, 2.45) is 0 Å². The molecule has 0 aliphatic rings. The first-order valence-electron chi connectivity index (χ1n) is 5.25. The molecule has 1 aromatic carbocycles. The highest BCUT2D eigenvalue weighted by Crippen LogP contribution is 2.26.